The van der Waals surface area contributed by atoms with Gasteiger partial charge < -0.3 is 5.32 Å². The molecule has 124 valence electrons. The highest BCUT2D eigenvalue weighted by Gasteiger charge is 2.65. The van der Waals surface area contributed by atoms with Crippen LogP contribution in [0, 0.1) is 5.92 Å². The van der Waals surface area contributed by atoms with Gasteiger partial charge >= 0.3 is 11.8 Å². The molecular formula is C14H12F5N3O. The number of nitrogens with one attached hydrogen (secondary N) is 1. The van der Waals surface area contributed by atoms with Crippen LogP contribution in [0.15, 0.2) is 34.5 Å². The first-order chi connectivity index (χ1) is 10.7. The van der Waals surface area contributed by atoms with Gasteiger partial charge in [-0.05, 0) is 18.6 Å². The van der Waals surface area contributed by atoms with E-state index in [1.807, 2.05) is 0 Å². The van der Waals surface area contributed by atoms with Crippen molar-refractivity contribution in [3.63, 3.8) is 0 Å². The number of hydrogen-bond donors (Lipinski definition) is 1. The largest absolute Gasteiger partial charge is 0.442 e. The Labute approximate surface area is 127 Å². The standard InChI is InChI=1S/C14H12F5N3O/c15-12(16)7-10(12)5-6-20-11(23)8-1-3-9(4-2-8)13(21-22-13)14(17,18)19/h1-4,10H,5-7H2,(H,20,23). The maximum Gasteiger partial charge on any atom is 0.442 e. The van der Waals surface area contributed by atoms with Crippen molar-refractivity contribution < 1.29 is 26.7 Å². The van der Waals surface area contributed by atoms with Gasteiger partial charge in [-0.15, -0.1) is 10.2 Å². The zero-order valence-corrected chi connectivity index (χ0v) is 11.7. The van der Waals surface area contributed by atoms with Crippen molar-refractivity contribution >= 4 is 5.91 Å². The van der Waals surface area contributed by atoms with Crippen molar-refractivity contribution in [1.82, 2.24) is 5.32 Å². The molecule has 3 rings (SSSR count). The van der Waals surface area contributed by atoms with E-state index in [1.165, 1.54) is 12.1 Å². The molecule has 9 heteroatoms. The van der Waals surface area contributed by atoms with E-state index >= 15 is 0 Å². The molecule has 1 aromatic rings. The maximum atomic E-state index is 12.8. The lowest BCUT2D eigenvalue weighted by Gasteiger charge is -2.14. The average Bonchev–Trinajstić information content (AvgIpc) is 3.35. The van der Waals surface area contributed by atoms with Crippen LogP contribution in [0.4, 0.5) is 22.0 Å². The number of carbonyl (C=O) groups excluding carboxylic acids is 1. The Morgan fingerprint density at radius 1 is 1.22 bits per heavy atom. The smallest absolute Gasteiger partial charge is 0.352 e. The second-order valence-electron chi connectivity index (χ2n) is 5.65. The highest BCUT2D eigenvalue weighted by atomic mass is 19.4. The number of halogens is 5. The summed E-state index contributed by atoms with van der Waals surface area (Å²) < 4.78 is 63.8. The van der Waals surface area contributed by atoms with Gasteiger partial charge in [0.1, 0.15) is 0 Å². The van der Waals surface area contributed by atoms with Crippen molar-refractivity contribution in [3.8, 4) is 0 Å². The predicted molar refractivity (Wildman–Crippen MR) is 69.0 cm³/mol. The van der Waals surface area contributed by atoms with Gasteiger partial charge in [0.05, 0.1) is 0 Å². The summed E-state index contributed by atoms with van der Waals surface area (Å²) in [6.07, 6.45) is -4.61. The van der Waals surface area contributed by atoms with E-state index in [0.29, 0.717) is 0 Å². The molecule has 0 saturated heterocycles. The Morgan fingerprint density at radius 3 is 2.22 bits per heavy atom. The van der Waals surface area contributed by atoms with E-state index in [9.17, 15) is 26.7 Å². The zero-order valence-electron chi connectivity index (χ0n) is 11.7. The van der Waals surface area contributed by atoms with Crippen LogP contribution in [-0.2, 0) is 5.66 Å². The predicted octanol–water partition coefficient (Wildman–Crippen LogP) is 3.64. The molecule has 1 amide bonds. The minimum absolute atomic E-state index is 0.0952. The minimum atomic E-state index is -4.62. The lowest BCUT2D eigenvalue weighted by Crippen LogP contribution is -2.30. The number of benzene rings is 1. The molecule has 0 bridgehead atoms. The molecule has 0 aromatic heterocycles. The van der Waals surface area contributed by atoms with Gasteiger partial charge in [-0.25, -0.2) is 8.78 Å². The summed E-state index contributed by atoms with van der Waals surface area (Å²) in [5.41, 5.74) is -2.53. The van der Waals surface area contributed by atoms with Crippen molar-refractivity contribution in [3.05, 3.63) is 35.4 Å². The molecule has 1 N–H and O–H groups in total. The first-order valence-electron chi connectivity index (χ1n) is 6.93. The van der Waals surface area contributed by atoms with Crippen LogP contribution >= 0.6 is 0 Å². The number of amides is 1. The Hall–Kier alpha value is -2.06. The second-order valence-corrected chi connectivity index (χ2v) is 5.65. The van der Waals surface area contributed by atoms with Crippen molar-refractivity contribution in [2.75, 3.05) is 6.54 Å². The van der Waals surface area contributed by atoms with Gasteiger partial charge in [-0.1, -0.05) is 12.1 Å². The third kappa shape index (κ3) is 2.91. The molecule has 0 spiro atoms. The van der Waals surface area contributed by atoms with Crippen LogP contribution in [0.5, 0.6) is 0 Å². The minimum Gasteiger partial charge on any atom is -0.352 e. The van der Waals surface area contributed by atoms with Crippen molar-refractivity contribution in [2.45, 2.75) is 30.6 Å². The second kappa shape index (κ2) is 4.97. The number of hydrogen-bond acceptors (Lipinski definition) is 3. The molecule has 1 aliphatic carbocycles. The van der Waals surface area contributed by atoms with Gasteiger partial charge in [0, 0.05) is 30.0 Å². The van der Waals surface area contributed by atoms with Gasteiger partial charge in [0.15, 0.2) is 0 Å². The van der Waals surface area contributed by atoms with Gasteiger partial charge in [0.2, 0.25) is 0 Å². The summed E-state index contributed by atoms with van der Waals surface area (Å²) in [6, 6.07) is 4.73. The normalized spacial score (nSPS) is 23.4. The Morgan fingerprint density at radius 2 is 1.78 bits per heavy atom. The maximum absolute atomic E-state index is 12.8. The highest BCUT2D eigenvalue weighted by molar-refractivity contribution is 5.94. The lowest BCUT2D eigenvalue weighted by molar-refractivity contribution is -0.166. The average molecular weight is 333 g/mol. The Kier molecular flexibility index (Phi) is 3.42. The first kappa shape index (κ1) is 15.8. The number of alkyl halides is 5. The van der Waals surface area contributed by atoms with Crippen LogP contribution in [0.2, 0.25) is 0 Å². The zero-order chi connectivity index (χ0) is 16.9. The number of carbonyl (C=O) groups is 1. The fraction of sp³-hybridized carbons (Fsp3) is 0.500. The molecular weight excluding hydrogens is 321 g/mol. The molecule has 1 aliphatic heterocycles. The van der Waals surface area contributed by atoms with Gasteiger partial charge in [0.25, 0.3) is 11.8 Å². The van der Waals surface area contributed by atoms with Crippen molar-refractivity contribution in [2.24, 2.45) is 16.1 Å². The Balaban J connectivity index is 1.56. The van der Waals surface area contributed by atoms with Crippen LogP contribution in [0.3, 0.4) is 0 Å². The lowest BCUT2D eigenvalue weighted by atomic mass is 10.0. The molecule has 1 saturated carbocycles. The highest BCUT2D eigenvalue weighted by Crippen LogP contribution is 2.52. The summed E-state index contributed by atoms with van der Waals surface area (Å²) in [6.45, 7) is 0.0952. The van der Waals surface area contributed by atoms with E-state index < -0.39 is 29.6 Å². The molecule has 1 aromatic carbocycles. The summed E-state index contributed by atoms with van der Waals surface area (Å²) in [5, 5.41) is 8.61. The number of rotatable bonds is 5. The van der Waals surface area contributed by atoms with Crippen LogP contribution in [0.25, 0.3) is 0 Å². The summed E-state index contributed by atoms with van der Waals surface area (Å²) >= 11 is 0. The fourth-order valence-corrected chi connectivity index (χ4v) is 2.34. The molecule has 23 heavy (non-hydrogen) atoms. The van der Waals surface area contributed by atoms with Crippen LogP contribution < -0.4 is 5.32 Å². The molecule has 1 atom stereocenters. The van der Waals surface area contributed by atoms with E-state index in [-0.39, 0.29) is 30.5 Å². The molecule has 4 nitrogen and oxygen atoms in total. The third-order valence-corrected chi connectivity index (χ3v) is 3.98. The van der Waals surface area contributed by atoms with E-state index in [0.717, 1.165) is 12.1 Å². The molecule has 1 heterocycles. The van der Waals surface area contributed by atoms with E-state index in [4.69, 9.17) is 0 Å². The Bertz CT molecular complexity index is 647. The van der Waals surface area contributed by atoms with Crippen LogP contribution in [0.1, 0.15) is 28.8 Å². The van der Waals surface area contributed by atoms with Crippen molar-refractivity contribution in [1.29, 1.82) is 0 Å². The van der Waals surface area contributed by atoms with Gasteiger partial charge in [-0.3, -0.25) is 4.79 Å². The molecule has 1 unspecified atom stereocenters. The number of nitrogens with zero attached hydrogens (tertiary/aromatic N) is 2. The molecule has 1 fully saturated rings. The molecule has 2 aliphatic rings. The van der Waals surface area contributed by atoms with Gasteiger partial charge in [-0.2, -0.15) is 13.2 Å². The fourth-order valence-electron chi connectivity index (χ4n) is 2.34. The SMILES string of the molecule is O=C(NCCC1CC1(F)F)c1ccc(C2(C(F)(F)F)N=N2)cc1. The topological polar surface area (TPSA) is 53.8 Å². The monoisotopic (exact) mass is 333 g/mol. The van der Waals surface area contributed by atoms with Crippen LogP contribution in [-0.4, -0.2) is 24.6 Å². The summed E-state index contributed by atoms with van der Waals surface area (Å²) in [7, 11) is 0. The molecule has 0 radical (unpaired) electrons. The quantitative estimate of drug-likeness (QED) is 0.822. The summed E-state index contributed by atoms with van der Waals surface area (Å²) in [5.74, 6) is -3.85. The van der Waals surface area contributed by atoms with E-state index in [2.05, 4.69) is 15.5 Å². The first-order valence-corrected chi connectivity index (χ1v) is 6.93. The third-order valence-electron chi connectivity index (χ3n) is 3.98. The van der Waals surface area contributed by atoms with E-state index in [1.54, 1.807) is 0 Å². The summed E-state index contributed by atoms with van der Waals surface area (Å²) in [4.78, 5) is 11.8.